The van der Waals surface area contributed by atoms with Gasteiger partial charge in [0.15, 0.2) is 0 Å². The number of allylic oxidation sites excluding steroid dienone is 2. The van der Waals surface area contributed by atoms with Gasteiger partial charge in [-0.2, -0.15) is 0 Å². The third-order valence-electron chi connectivity index (χ3n) is 2.44. The van der Waals surface area contributed by atoms with Crippen molar-refractivity contribution in [2.45, 2.75) is 20.0 Å². The fourth-order valence-corrected chi connectivity index (χ4v) is 1.57. The molecule has 90 valence electrons. The molecular formula is C14H17NO2. The van der Waals surface area contributed by atoms with Crippen molar-refractivity contribution in [3.05, 3.63) is 59.7 Å². The first kappa shape index (κ1) is 13.2. The first-order valence-electron chi connectivity index (χ1n) is 5.49. The maximum Gasteiger partial charge on any atom is 0.125 e. The summed E-state index contributed by atoms with van der Waals surface area (Å²) in [5.74, 6) is 0. The molecule has 2 N–H and O–H groups in total. The van der Waals surface area contributed by atoms with Gasteiger partial charge in [0, 0.05) is 5.56 Å². The van der Waals surface area contributed by atoms with Crippen molar-refractivity contribution < 1.29 is 10.3 Å². The molecule has 0 fully saturated rings. The number of aliphatic hydroxyl groups excluding tert-OH is 1. The molecular weight excluding hydrogens is 214 g/mol. The molecule has 0 spiro atoms. The van der Waals surface area contributed by atoms with Crippen LogP contribution >= 0.6 is 0 Å². The van der Waals surface area contributed by atoms with E-state index in [9.17, 15) is 5.11 Å². The molecule has 0 aromatic heterocycles. The van der Waals surface area contributed by atoms with Crippen molar-refractivity contribution in [2.75, 3.05) is 0 Å². The Bertz CT molecular complexity index is 433. The van der Waals surface area contributed by atoms with Crippen molar-refractivity contribution >= 4 is 5.71 Å². The molecule has 1 aromatic carbocycles. The fourth-order valence-electron chi connectivity index (χ4n) is 1.57. The molecule has 0 aliphatic heterocycles. The van der Waals surface area contributed by atoms with Gasteiger partial charge in [0.1, 0.15) is 11.8 Å². The summed E-state index contributed by atoms with van der Waals surface area (Å²) < 4.78 is 0. The quantitative estimate of drug-likeness (QED) is 0.362. The molecule has 0 aliphatic carbocycles. The molecule has 3 heteroatoms. The van der Waals surface area contributed by atoms with Crippen molar-refractivity contribution in [3.63, 3.8) is 0 Å². The predicted molar refractivity (Wildman–Crippen MR) is 69.3 cm³/mol. The number of oxime groups is 1. The lowest BCUT2D eigenvalue weighted by Crippen LogP contribution is -2.23. The van der Waals surface area contributed by atoms with Crippen LogP contribution in [0, 0.1) is 0 Å². The average Bonchev–Trinajstić information content (AvgIpc) is 2.38. The number of rotatable bonds is 4. The molecule has 0 bridgehead atoms. The van der Waals surface area contributed by atoms with E-state index in [1.54, 1.807) is 24.3 Å². The maximum atomic E-state index is 10.1. The molecule has 0 saturated heterocycles. The Morgan fingerprint density at radius 1 is 1.24 bits per heavy atom. The smallest absolute Gasteiger partial charge is 0.125 e. The van der Waals surface area contributed by atoms with Gasteiger partial charge in [-0.15, -0.1) is 0 Å². The van der Waals surface area contributed by atoms with E-state index in [-0.39, 0.29) is 5.71 Å². The number of nitrogens with zero attached hydrogens (tertiary/aromatic N) is 1. The molecule has 17 heavy (non-hydrogen) atoms. The second-order valence-corrected chi connectivity index (χ2v) is 3.54. The number of hydrogen-bond donors (Lipinski definition) is 2. The third-order valence-corrected chi connectivity index (χ3v) is 2.44. The molecule has 0 heterocycles. The van der Waals surface area contributed by atoms with Crippen LogP contribution in [-0.4, -0.2) is 22.1 Å². The van der Waals surface area contributed by atoms with Crippen LogP contribution in [0.3, 0.4) is 0 Å². The molecule has 1 atom stereocenters. The lowest BCUT2D eigenvalue weighted by Gasteiger charge is -2.13. The molecule has 3 nitrogen and oxygen atoms in total. The van der Waals surface area contributed by atoms with E-state index in [2.05, 4.69) is 5.16 Å². The van der Waals surface area contributed by atoms with Gasteiger partial charge in [-0.1, -0.05) is 53.7 Å². The van der Waals surface area contributed by atoms with Crippen molar-refractivity contribution in [1.29, 1.82) is 0 Å². The van der Waals surface area contributed by atoms with Crippen LogP contribution in [0.2, 0.25) is 0 Å². The molecule has 0 radical (unpaired) electrons. The third kappa shape index (κ3) is 3.29. The monoisotopic (exact) mass is 231 g/mol. The van der Waals surface area contributed by atoms with Crippen LogP contribution < -0.4 is 0 Å². The Labute approximate surface area is 101 Å². The van der Waals surface area contributed by atoms with Crippen LogP contribution in [0.1, 0.15) is 19.4 Å². The summed E-state index contributed by atoms with van der Waals surface area (Å²) in [4.78, 5) is 0. The normalized spacial score (nSPS) is 15.2. The molecule has 0 aliphatic rings. The van der Waals surface area contributed by atoms with E-state index in [0.717, 1.165) is 0 Å². The Morgan fingerprint density at radius 2 is 1.88 bits per heavy atom. The van der Waals surface area contributed by atoms with Gasteiger partial charge in [0.25, 0.3) is 0 Å². The van der Waals surface area contributed by atoms with Crippen molar-refractivity contribution in [2.24, 2.45) is 5.16 Å². The topological polar surface area (TPSA) is 52.8 Å². The summed E-state index contributed by atoms with van der Waals surface area (Å²) in [6, 6.07) is 9.12. The SMILES string of the molecule is C/C=C\C(=C/C)C(O)/C(=N/O)c1ccccc1. The second-order valence-electron chi connectivity index (χ2n) is 3.54. The van der Waals surface area contributed by atoms with Crippen molar-refractivity contribution in [1.82, 2.24) is 0 Å². The highest BCUT2D eigenvalue weighted by Gasteiger charge is 2.17. The van der Waals surface area contributed by atoms with Gasteiger partial charge in [-0.3, -0.25) is 0 Å². The van der Waals surface area contributed by atoms with E-state index < -0.39 is 6.10 Å². The highest BCUT2D eigenvalue weighted by Crippen LogP contribution is 2.12. The van der Waals surface area contributed by atoms with Crippen LogP contribution in [0.15, 0.2) is 59.3 Å². The Balaban J connectivity index is 3.05. The lowest BCUT2D eigenvalue weighted by atomic mass is 9.98. The Morgan fingerprint density at radius 3 is 2.35 bits per heavy atom. The van der Waals surface area contributed by atoms with Gasteiger partial charge in [0.2, 0.25) is 0 Å². The van der Waals surface area contributed by atoms with Gasteiger partial charge in [-0.05, 0) is 19.4 Å². The maximum absolute atomic E-state index is 10.1. The van der Waals surface area contributed by atoms with Gasteiger partial charge < -0.3 is 10.3 Å². The highest BCUT2D eigenvalue weighted by atomic mass is 16.4. The number of benzene rings is 1. The van der Waals surface area contributed by atoms with Crippen LogP contribution in [-0.2, 0) is 0 Å². The van der Waals surface area contributed by atoms with Crippen LogP contribution in [0.25, 0.3) is 0 Å². The van der Waals surface area contributed by atoms with Crippen LogP contribution in [0.4, 0.5) is 0 Å². The van der Waals surface area contributed by atoms with E-state index in [0.29, 0.717) is 11.1 Å². The summed E-state index contributed by atoms with van der Waals surface area (Å²) in [6.45, 7) is 3.70. The minimum atomic E-state index is -0.927. The second kappa shape index (κ2) is 6.66. The zero-order valence-corrected chi connectivity index (χ0v) is 10.0. The Hall–Kier alpha value is -1.87. The summed E-state index contributed by atoms with van der Waals surface area (Å²) in [6.07, 6.45) is 4.49. The first-order valence-corrected chi connectivity index (χ1v) is 5.49. The Kier molecular flexibility index (Phi) is 5.17. The minimum absolute atomic E-state index is 0.247. The largest absolute Gasteiger partial charge is 0.411 e. The van der Waals surface area contributed by atoms with E-state index in [1.807, 2.05) is 38.1 Å². The van der Waals surface area contributed by atoms with Gasteiger partial charge in [0.05, 0.1) is 0 Å². The lowest BCUT2D eigenvalue weighted by molar-refractivity contribution is 0.263. The van der Waals surface area contributed by atoms with Crippen LogP contribution in [0.5, 0.6) is 0 Å². The number of aliphatic hydroxyl groups is 1. The summed E-state index contributed by atoms with van der Waals surface area (Å²) in [5, 5.41) is 22.4. The van der Waals surface area contributed by atoms with Gasteiger partial charge in [-0.25, -0.2) is 0 Å². The summed E-state index contributed by atoms with van der Waals surface area (Å²) in [5.41, 5.74) is 1.65. The molecule has 1 unspecified atom stereocenters. The molecule has 1 aromatic rings. The van der Waals surface area contributed by atoms with Gasteiger partial charge >= 0.3 is 0 Å². The average molecular weight is 231 g/mol. The minimum Gasteiger partial charge on any atom is -0.411 e. The van der Waals surface area contributed by atoms with E-state index >= 15 is 0 Å². The summed E-state index contributed by atoms with van der Waals surface area (Å²) >= 11 is 0. The standard InChI is InChI=1S/C14H17NO2/c1-3-8-11(4-2)14(16)13(15-17)12-9-6-5-7-10-12/h3-10,14,16-17H,1-2H3/b8-3-,11-4+,15-13+. The van der Waals surface area contributed by atoms with E-state index in [4.69, 9.17) is 5.21 Å². The molecule has 1 rings (SSSR count). The zero-order chi connectivity index (χ0) is 12.7. The molecule has 0 saturated carbocycles. The first-order chi connectivity index (χ1) is 8.24. The predicted octanol–water partition coefficient (Wildman–Crippen LogP) is 2.75. The fraction of sp³-hybridized carbons (Fsp3) is 0.214. The summed E-state index contributed by atoms with van der Waals surface area (Å²) in [7, 11) is 0. The molecule has 0 amide bonds. The zero-order valence-electron chi connectivity index (χ0n) is 10.0. The highest BCUT2D eigenvalue weighted by molar-refractivity contribution is 6.05. The van der Waals surface area contributed by atoms with E-state index in [1.165, 1.54) is 0 Å². The number of hydrogen-bond acceptors (Lipinski definition) is 3. The van der Waals surface area contributed by atoms with Crippen molar-refractivity contribution in [3.8, 4) is 0 Å².